The molecule has 1 aliphatic heterocycles. The quantitative estimate of drug-likeness (QED) is 0.478. The Kier molecular flexibility index (Phi) is 5.19. The van der Waals surface area contributed by atoms with Crippen LogP contribution < -0.4 is 15.0 Å². The number of nitrogens with zero attached hydrogens (tertiary/aromatic N) is 4. The fourth-order valence-corrected chi connectivity index (χ4v) is 4.78. The molecule has 1 aliphatic rings. The minimum absolute atomic E-state index is 0.688. The number of nitrogens with one attached hydrogen (secondary N) is 1. The van der Waals surface area contributed by atoms with Crippen LogP contribution >= 0.6 is 11.3 Å². The number of pyridine rings is 1. The number of hydrogen-bond donors (Lipinski definition) is 1. The van der Waals surface area contributed by atoms with E-state index in [0.717, 1.165) is 51.8 Å². The molecule has 4 aromatic rings. The lowest BCUT2D eigenvalue weighted by Crippen LogP contribution is -2.19. The van der Waals surface area contributed by atoms with Crippen LogP contribution in [0.3, 0.4) is 0 Å². The van der Waals surface area contributed by atoms with Crippen LogP contribution in [-0.4, -0.2) is 35.2 Å². The molecule has 0 unspecified atom stereocenters. The summed E-state index contributed by atoms with van der Waals surface area (Å²) in [5.41, 5.74) is 3.45. The molecule has 0 spiro atoms. The van der Waals surface area contributed by atoms with Gasteiger partial charge in [0.15, 0.2) is 0 Å². The fourth-order valence-electron chi connectivity index (χ4n) is 3.87. The van der Waals surface area contributed by atoms with Crippen LogP contribution in [0.25, 0.3) is 21.3 Å². The van der Waals surface area contributed by atoms with E-state index in [9.17, 15) is 0 Å². The summed E-state index contributed by atoms with van der Waals surface area (Å²) in [6.07, 6.45) is 6.01. The number of thiophene rings is 1. The number of benzene rings is 1. The average molecular weight is 418 g/mol. The molecule has 6 nitrogen and oxygen atoms in total. The first-order valence-electron chi connectivity index (χ1n) is 10.1. The molecule has 1 saturated heterocycles. The summed E-state index contributed by atoms with van der Waals surface area (Å²) in [5, 5.41) is 6.73. The zero-order valence-electron chi connectivity index (χ0n) is 16.8. The highest BCUT2D eigenvalue weighted by Crippen LogP contribution is 2.37. The van der Waals surface area contributed by atoms with Crippen molar-refractivity contribution in [3.63, 3.8) is 0 Å². The van der Waals surface area contributed by atoms with Gasteiger partial charge in [-0.25, -0.2) is 15.0 Å². The van der Waals surface area contributed by atoms with Gasteiger partial charge in [0.2, 0.25) is 0 Å². The van der Waals surface area contributed by atoms with Crippen LogP contribution in [0.5, 0.6) is 5.75 Å². The zero-order valence-corrected chi connectivity index (χ0v) is 17.7. The van der Waals surface area contributed by atoms with Gasteiger partial charge in [-0.1, -0.05) is 12.1 Å². The van der Waals surface area contributed by atoms with Crippen molar-refractivity contribution in [3.8, 4) is 16.9 Å². The Hall–Kier alpha value is -3.19. The molecule has 0 amide bonds. The maximum atomic E-state index is 5.29. The summed E-state index contributed by atoms with van der Waals surface area (Å²) in [6, 6.07) is 12.3. The van der Waals surface area contributed by atoms with Crippen molar-refractivity contribution in [2.45, 2.75) is 19.4 Å². The maximum absolute atomic E-state index is 5.29. The van der Waals surface area contributed by atoms with Crippen LogP contribution in [0.2, 0.25) is 0 Å². The SMILES string of the molecule is COc1ccc(-c2csc3ncnc(NCc4ccnc(N5CCCC5)c4)c23)cc1. The highest BCUT2D eigenvalue weighted by atomic mass is 32.1. The van der Waals surface area contributed by atoms with E-state index in [0.29, 0.717) is 6.54 Å². The second-order valence-electron chi connectivity index (χ2n) is 7.35. The minimum atomic E-state index is 0.688. The summed E-state index contributed by atoms with van der Waals surface area (Å²) in [7, 11) is 1.68. The lowest BCUT2D eigenvalue weighted by atomic mass is 10.1. The molecule has 4 heterocycles. The molecule has 7 heteroatoms. The lowest BCUT2D eigenvalue weighted by molar-refractivity contribution is 0.415. The molecule has 152 valence electrons. The largest absolute Gasteiger partial charge is 0.497 e. The molecule has 1 N–H and O–H groups in total. The van der Waals surface area contributed by atoms with Gasteiger partial charge in [0, 0.05) is 36.8 Å². The lowest BCUT2D eigenvalue weighted by Gasteiger charge is -2.17. The molecule has 0 radical (unpaired) electrons. The third-order valence-electron chi connectivity index (χ3n) is 5.47. The molecular formula is C23H23N5OS. The van der Waals surface area contributed by atoms with Crippen LogP contribution in [0.1, 0.15) is 18.4 Å². The molecule has 0 aliphatic carbocycles. The Balaban J connectivity index is 1.42. The number of methoxy groups -OCH3 is 1. The predicted octanol–water partition coefficient (Wildman–Crippen LogP) is 4.97. The minimum Gasteiger partial charge on any atom is -0.497 e. The fraction of sp³-hybridized carbons (Fsp3) is 0.261. The first kappa shape index (κ1) is 18.8. The van der Waals surface area contributed by atoms with Gasteiger partial charge in [-0.15, -0.1) is 11.3 Å². The first-order valence-corrected chi connectivity index (χ1v) is 11.0. The van der Waals surface area contributed by atoms with E-state index in [1.807, 2.05) is 18.3 Å². The summed E-state index contributed by atoms with van der Waals surface area (Å²) in [4.78, 5) is 16.9. The molecule has 1 fully saturated rings. The third-order valence-corrected chi connectivity index (χ3v) is 6.36. The number of ether oxygens (including phenoxy) is 1. The molecular weight excluding hydrogens is 394 g/mol. The summed E-state index contributed by atoms with van der Waals surface area (Å²) in [6.45, 7) is 2.88. The molecule has 3 aromatic heterocycles. The van der Waals surface area contributed by atoms with Gasteiger partial charge in [-0.05, 0) is 48.2 Å². The van der Waals surface area contributed by atoms with E-state index >= 15 is 0 Å². The van der Waals surface area contributed by atoms with Crippen LogP contribution in [-0.2, 0) is 6.54 Å². The highest BCUT2D eigenvalue weighted by Gasteiger charge is 2.15. The molecule has 5 rings (SSSR count). The normalized spacial score (nSPS) is 13.7. The number of hydrogen-bond acceptors (Lipinski definition) is 7. The number of fused-ring (bicyclic) bond motifs is 1. The van der Waals surface area contributed by atoms with Crippen molar-refractivity contribution in [2.75, 3.05) is 30.4 Å². The number of rotatable bonds is 6. The van der Waals surface area contributed by atoms with Crippen LogP contribution in [0, 0.1) is 0 Å². The van der Waals surface area contributed by atoms with E-state index in [2.05, 4.69) is 54.8 Å². The van der Waals surface area contributed by atoms with Crippen molar-refractivity contribution in [2.24, 2.45) is 0 Å². The average Bonchev–Trinajstić information content (AvgIpc) is 3.48. The molecule has 30 heavy (non-hydrogen) atoms. The van der Waals surface area contributed by atoms with E-state index in [1.165, 1.54) is 18.4 Å². The Bertz CT molecular complexity index is 1150. The van der Waals surface area contributed by atoms with Gasteiger partial charge in [-0.2, -0.15) is 0 Å². The Morgan fingerprint density at radius 1 is 1.07 bits per heavy atom. The molecule has 0 atom stereocenters. The van der Waals surface area contributed by atoms with Crippen molar-refractivity contribution < 1.29 is 4.74 Å². The monoisotopic (exact) mass is 417 g/mol. The van der Waals surface area contributed by atoms with Gasteiger partial charge in [0.25, 0.3) is 0 Å². The van der Waals surface area contributed by atoms with Gasteiger partial charge in [0.05, 0.1) is 12.5 Å². The summed E-state index contributed by atoms with van der Waals surface area (Å²) in [5.74, 6) is 2.76. The Morgan fingerprint density at radius 3 is 2.70 bits per heavy atom. The van der Waals surface area contributed by atoms with Gasteiger partial charge in [-0.3, -0.25) is 0 Å². The van der Waals surface area contributed by atoms with E-state index in [1.54, 1.807) is 24.8 Å². The predicted molar refractivity (Wildman–Crippen MR) is 122 cm³/mol. The van der Waals surface area contributed by atoms with Crippen molar-refractivity contribution in [1.82, 2.24) is 15.0 Å². The van der Waals surface area contributed by atoms with Crippen molar-refractivity contribution >= 4 is 33.2 Å². The summed E-state index contributed by atoms with van der Waals surface area (Å²) >= 11 is 1.63. The number of aromatic nitrogens is 3. The number of anilines is 2. The Morgan fingerprint density at radius 2 is 1.90 bits per heavy atom. The molecule has 0 saturated carbocycles. The third kappa shape index (κ3) is 3.68. The summed E-state index contributed by atoms with van der Waals surface area (Å²) < 4.78 is 5.29. The smallest absolute Gasteiger partial charge is 0.139 e. The van der Waals surface area contributed by atoms with Crippen molar-refractivity contribution in [3.05, 3.63) is 59.9 Å². The second kappa shape index (κ2) is 8.28. The second-order valence-corrected chi connectivity index (χ2v) is 8.21. The highest BCUT2D eigenvalue weighted by molar-refractivity contribution is 7.17. The van der Waals surface area contributed by atoms with Gasteiger partial charge in [0.1, 0.15) is 28.5 Å². The van der Waals surface area contributed by atoms with Gasteiger partial charge < -0.3 is 15.0 Å². The van der Waals surface area contributed by atoms with E-state index < -0.39 is 0 Å². The van der Waals surface area contributed by atoms with Crippen molar-refractivity contribution in [1.29, 1.82) is 0 Å². The van der Waals surface area contributed by atoms with E-state index in [4.69, 9.17) is 4.74 Å². The Labute approximate surface area is 179 Å². The molecule has 1 aromatic carbocycles. The first-order chi connectivity index (χ1) is 14.8. The van der Waals surface area contributed by atoms with Crippen LogP contribution in [0.4, 0.5) is 11.6 Å². The van der Waals surface area contributed by atoms with E-state index in [-0.39, 0.29) is 0 Å². The van der Waals surface area contributed by atoms with Crippen LogP contribution in [0.15, 0.2) is 54.3 Å². The topological polar surface area (TPSA) is 63.2 Å². The van der Waals surface area contributed by atoms with Gasteiger partial charge >= 0.3 is 0 Å². The maximum Gasteiger partial charge on any atom is 0.139 e. The molecule has 0 bridgehead atoms. The standard InChI is InChI=1S/C23H23N5OS/c1-29-18-6-4-17(5-7-18)19-14-30-23-21(19)22(26-15-27-23)25-13-16-8-9-24-20(12-16)28-10-2-3-11-28/h4-9,12,14-15H,2-3,10-11,13H2,1H3,(H,25,26,27). The zero-order chi connectivity index (χ0) is 20.3.